The van der Waals surface area contributed by atoms with Gasteiger partial charge in [0.25, 0.3) is 0 Å². The second-order valence-corrected chi connectivity index (χ2v) is 5.12. The molecule has 0 saturated carbocycles. The first-order chi connectivity index (χ1) is 9.45. The van der Waals surface area contributed by atoms with Gasteiger partial charge in [-0.1, -0.05) is 37.3 Å². The number of urea groups is 1. The summed E-state index contributed by atoms with van der Waals surface area (Å²) in [5.41, 5.74) is 5.01. The molecule has 1 aliphatic rings. The maximum Gasteiger partial charge on any atom is 0.313 e. The standard InChI is InChI=1S/C14H19N3O3/c1-2-14(20)8-17(9-14)12(18)11(16-13(15)19)10-6-4-3-5-7-10/h3-7,11,20H,2,8-9H2,1H3,(H3,15,16,19). The van der Waals surface area contributed by atoms with Gasteiger partial charge in [-0.3, -0.25) is 4.79 Å². The largest absolute Gasteiger partial charge is 0.386 e. The zero-order valence-electron chi connectivity index (χ0n) is 11.4. The van der Waals surface area contributed by atoms with Gasteiger partial charge in [-0.15, -0.1) is 0 Å². The van der Waals surface area contributed by atoms with E-state index in [1.165, 1.54) is 4.90 Å². The summed E-state index contributed by atoms with van der Waals surface area (Å²) in [6, 6.07) is 7.35. The van der Waals surface area contributed by atoms with Crippen LogP contribution in [0.1, 0.15) is 24.9 Å². The Kier molecular flexibility index (Phi) is 3.94. The number of β-amino-alcohol motifs (C(OH)–C–C–N with tert-alkyl or cyclic N) is 1. The van der Waals surface area contributed by atoms with Crippen LogP contribution in [-0.4, -0.2) is 40.6 Å². The molecule has 0 aromatic heterocycles. The third-order valence-electron chi connectivity index (χ3n) is 3.61. The van der Waals surface area contributed by atoms with Gasteiger partial charge >= 0.3 is 6.03 Å². The molecule has 1 unspecified atom stereocenters. The second kappa shape index (κ2) is 5.50. The molecule has 0 radical (unpaired) electrons. The summed E-state index contributed by atoms with van der Waals surface area (Å²) in [6.07, 6.45) is 0.593. The van der Waals surface area contributed by atoms with Crippen molar-refractivity contribution in [3.63, 3.8) is 0 Å². The fraction of sp³-hybridized carbons (Fsp3) is 0.429. The van der Waals surface area contributed by atoms with Gasteiger partial charge in [0.15, 0.2) is 0 Å². The minimum absolute atomic E-state index is 0.256. The van der Waals surface area contributed by atoms with Crippen LogP contribution in [0, 0.1) is 0 Å². The van der Waals surface area contributed by atoms with E-state index in [1.54, 1.807) is 24.3 Å². The molecule has 0 aliphatic carbocycles. The summed E-state index contributed by atoms with van der Waals surface area (Å²) < 4.78 is 0. The maximum absolute atomic E-state index is 12.4. The predicted octanol–water partition coefficient (Wildman–Crippen LogP) is 0.379. The number of benzene rings is 1. The molecule has 2 rings (SSSR count). The van der Waals surface area contributed by atoms with Crippen molar-refractivity contribution < 1.29 is 14.7 Å². The van der Waals surface area contributed by atoms with Gasteiger partial charge in [-0.2, -0.15) is 0 Å². The van der Waals surface area contributed by atoms with Gasteiger partial charge in [-0.25, -0.2) is 4.79 Å². The number of nitrogens with one attached hydrogen (secondary N) is 1. The molecule has 1 aliphatic heterocycles. The average molecular weight is 277 g/mol. The maximum atomic E-state index is 12.4. The molecule has 0 spiro atoms. The van der Waals surface area contributed by atoms with E-state index in [0.717, 1.165) is 0 Å². The minimum atomic E-state index is -0.810. The fourth-order valence-electron chi connectivity index (χ4n) is 2.30. The number of rotatable bonds is 4. The Morgan fingerprint density at radius 2 is 2.00 bits per heavy atom. The summed E-state index contributed by atoms with van der Waals surface area (Å²) in [5.74, 6) is -0.256. The van der Waals surface area contributed by atoms with Crippen molar-refractivity contribution in [1.82, 2.24) is 10.2 Å². The van der Waals surface area contributed by atoms with E-state index in [4.69, 9.17) is 5.73 Å². The number of primary amides is 1. The van der Waals surface area contributed by atoms with Crippen molar-refractivity contribution in [3.05, 3.63) is 35.9 Å². The molecule has 6 nitrogen and oxygen atoms in total. The van der Waals surface area contributed by atoms with Crippen LogP contribution in [0.15, 0.2) is 30.3 Å². The fourth-order valence-corrected chi connectivity index (χ4v) is 2.30. The quantitative estimate of drug-likeness (QED) is 0.742. The zero-order chi connectivity index (χ0) is 14.8. The van der Waals surface area contributed by atoms with Crippen LogP contribution in [0.5, 0.6) is 0 Å². The number of carbonyl (C=O) groups is 2. The first kappa shape index (κ1) is 14.3. The lowest BCUT2D eigenvalue weighted by Crippen LogP contribution is -2.64. The summed E-state index contributed by atoms with van der Waals surface area (Å²) in [6.45, 7) is 2.44. The first-order valence-corrected chi connectivity index (χ1v) is 6.57. The number of aliphatic hydroxyl groups is 1. The molecule has 1 atom stereocenters. The Hall–Kier alpha value is -2.08. The average Bonchev–Trinajstić information content (AvgIpc) is 2.41. The van der Waals surface area contributed by atoms with E-state index in [2.05, 4.69) is 5.32 Å². The zero-order valence-corrected chi connectivity index (χ0v) is 11.4. The van der Waals surface area contributed by atoms with Crippen LogP contribution in [0.3, 0.4) is 0 Å². The van der Waals surface area contributed by atoms with Crippen molar-refractivity contribution in [1.29, 1.82) is 0 Å². The molecule has 1 aromatic carbocycles. The van der Waals surface area contributed by atoms with Crippen LogP contribution in [0.4, 0.5) is 4.79 Å². The van der Waals surface area contributed by atoms with Crippen LogP contribution >= 0.6 is 0 Å². The Balaban J connectivity index is 2.12. The van der Waals surface area contributed by atoms with Gasteiger partial charge in [-0.05, 0) is 12.0 Å². The number of hydrogen-bond acceptors (Lipinski definition) is 3. The Labute approximate surface area is 117 Å². The third-order valence-corrected chi connectivity index (χ3v) is 3.61. The minimum Gasteiger partial charge on any atom is -0.386 e. The molecule has 20 heavy (non-hydrogen) atoms. The van der Waals surface area contributed by atoms with E-state index in [9.17, 15) is 14.7 Å². The van der Waals surface area contributed by atoms with Gasteiger partial charge in [0.1, 0.15) is 6.04 Å². The highest BCUT2D eigenvalue weighted by Crippen LogP contribution is 2.27. The van der Waals surface area contributed by atoms with E-state index in [1.807, 2.05) is 13.0 Å². The Morgan fingerprint density at radius 1 is 1.40 bits per heavy atom. The van der Waals surface area contributed by atoms with Crippen molar-refractivity contribution in [2.24, 2.45) is 5.73 Å². The molecular formula is C14H19N3O3. The smallest absolute Gasteiger partial charge is 0.313 e. The molecule has 1 saturated heterocycles. The number of carbonyl (C=O) groups excluding carboxylic acids is 2. The summed E-state index contributed by atoms with van der Waals surface area (Å²) in [4.78, 5) is 25.0. The number of likely N-dealkylation sites (tertiary alicyclic amines) is 1. The number of amides is 3. The lowest BCUT2D eigenvalue weighted by Gasteiger charge is -2.47. The summed E-state index contributed by atoms with van der Waals surface area (Å²) in [7, 11) is 0. The second-order valence-electron chi connectivity index (χ2n) is 5.12. The first-order valence-electron chi connectivity index (χ1n) is 6.57. The molecule has 0 bridgehead atoms. The molecular weight excluding hydrogens is 258 g/mol. The topological polar surface area (TPSA) is 95.7 Å². The molecule has 108 valence electrons. The van der Waals surface area contributed by atoms with Gasteiger partial charge in [0, 0.05) is 0 Å². The van der Waals surface area contributed by atoms with Gasteiger partial charge < -0.3 is 21.1 Å². The van der Waals surface area contributed by atoms with Crippen molar-refractivity contribution in [2.45, 2.75) is 25.0 Å². The van der Waals surface area contributed by atoms with Crippen molar-refractivity contribution >= 4 is 11.9 Å². The van der Waals surface area contributed by atoms with Crippen LogP contribution in [-0.2, 0) is 4.79 Å². The molecule has 4 N–H and O–H groups in total. The van der Waals surface area contributed by atoms with Crippen molar-refractivity contribution in [3.8, 4) is 0 Å². The van der Waals surface area contributed by atoms with E-state index < -0.39 is 17.7 Å². The highest BCUT2D eigenvalue weighted by Gasteiger charge is 2.44. The predicted molar refractivity (Wildman–Crippen MR) is 73.7 cm³/mol. The third kappa shape index (κ3) is 2.91. The molecule has 1 fully saturated rings. The monoisotopic (exact) mass is 277 g/mol. The van der Waals surface area contributed by atoms with Crippen LogP contribution in [0.25, 0.3) is 0 Å². The Morgan fingerprint density at radius 3 is 2.50 bits per heavy atom. The normalized spacial score (nSPS) is 18.0. The summed E-state index contributed by atoms with van der Waals surface area (Å²) in [5, 5.41) is 12.4. The number of nitrogens with two attached hydrogens (primary N) is 1. The molecule has 1 aromatic rings. The highest BCUT2D eigenvalue weighted by atomic mass is 16.3. The number of hydrogen-bond donors (Lipinski definition) is 3. The van der Waals surface area contributed by atoms with Crippen LogP contribution < -0.4 is 11.1 Å². The van der Waals surface area contributed by atoms with Gasteiger partial charge in [0.05, 0.1) is 18.7 Å². The highest BCUT2D eigenvalue weighted by molar-refractivity contribution is 5.88. The molecule has 3 amide bonds. The SMILES string of the molecule is CCC1(O)CN(C(=O)C(NC(N)=O)c2ccccc2)C1. The Bertz CT molecular complexity index is 498. The van der Waals surface area contributed by atoms with Crippen molar-refractivity contribution in [2.75, 3.05) is 13.1 Å². The summed E-state index contributed by atoms with van der Waals surface area (Å²) >= 11 is 0. The molecule has 6 heteroatoms. The van der Waals surface area contributed by atoms with E-state index >= 15 is 0 Å². The van der Waals surface area contributed by atoms with Crippen LogP contribution in [0.2, 0.25) is 0 Å². The number of nitrogens with zero attached hydrogens (tertiary/aromatic N) is 1. The van der Waals surface area contributed by atoms with Gasteiger partial charge in [0.2, 0.25) is 5.91 Å². The molecule has 1 heterocycles. The lowest BCUT2D eigenvalue weighted by molar-refractivity contribution is -0.157. The van der Waals surface area contributed by atoms with E-state index in [-0.39, 0.29) is 19.0 Å². The lowest BCUT2D eigenvalue weighted by atomic mass is 9.90. The van der Waals surface area contributed by atoms with E-state index in [0.29, 0.717) is 12.0 Å².